The number of esters is 1. The lowest BCUT2D eigenvalue weighted by Crippen LogP contribution is -2.41. The molecule has 96 valence electrons. The number of nitrogens with one attached hydrogen (secondary N) is 1. The van der Waals surface area contributed by atoms with Gasteiger partial charge in [0, 0.05) is 16.3 Å². The van der Waals surface area contributed by atoms with Crippen molar-refractivity contribution >= 4 is 17.3 Å². The first kappa shape index (κ1) is 14.2. The molecular weight excluding hydrogens is 234 g/mol. The maximum Gasteiger partial charge on any atom is 0.323 e. The lowest BCUT2D eigenvalue weighted by Gasteiger charge is -2.19. The zero-order chi connectivity index (χ0) is 13.0. The monoisotopic (exact) mass is 255 g/mol. The maximum absolute atomic E-state index is 11.6. The largest absolute Gasteiger partial charge is 0.468 e. The zero-order valence-corrected chi connectivity index (χ0v) is 12.0. The van der Waals surface area contributed by atoms with Crippen molar-refractivity contribution < 1.29 is 9.53 Å². The van der Waals surface area contributed by atoms with Gasteiger partial charge in [-0.15, -0.1) is 11.3 Å². The molecule has 1 N–H and O–H groups in total. The average Bonchev–Trinajstić information content (AvgIpc) is 2.57. The first-order chi connectivity index (χ1) is 7.95. The summed E-state index contributed by atoms with van der Waals surface area (Å²) in [5.41, 5.74) is 1.27. The highest BCUT2D eigenvalue weighted by Crippen LogP contribution is 2.20. The van der Waals surface area contributed by atoms with Crippen LogP contribution in [-0.2, 0) is 16.1 Å². The van der Waals surface area contributed by atoms with E-state index in [1.54, 1.807) is 11.3 Å². The number of carbonyl (C=O) groups is 1. The van der Waals surface area contributed by atoms with Crippen molar-refractivity contribution in [3.63, 3.8) is 0 Å². The maximum atomic E-state index is 11.6. The molecule has 3 nitrogen and oxygen atoms in total. The van der Waals surface area contributed by atoms with Gasteiger partial charge in [0.15, 0.2) is 0 Å². The SMILES string of the molecule is COC(=O)[C@@H](NCc1cc(C)sc1C)C(C)C. The number of rotatable bonds is 5. The number of thiophene rings is 1. The Kier molecular flexibility index (Phi) is 5.15. The topological polar surface area (TPSA) is 38.3 Å². The van der Waals surface area contributed by atoms with Crippen molar-refractivity contribution in [2.45, 2.75) is 40.3 Å². The Hall–Kier alpha value is -0.870. The van der Waals surface area contributed by atoms with E-state index in [0.29, 0.717) is 6.54 Å². The van der Waals surface area contributed by atoms with E-state index in [1.807, 2.05) is 13.8 Å². The molecule has 0 aliphatic heterocycles. The Morgan fingerprint density at radius 3 is 2.53 bits per heavy atom. The quantitative estimate of drug-likeness (QED) is 0.822. The van der Waals surface area contributed by atoms with Crippen LogP contribution in [0.1, 0.15) is 29.2 Å². The number of carbonyl (C=O) groups excluding carboxylic acids is 1. The van der Waals surface area contributed by atoms with Crippen LogP contribution in [0.4, 0.5) is 0 Å². The van der Waals surface area contributed by atoms with E-state index in [1.165, 1.54) is 22.4 Å². The molecule has 0 aromatic carbocycles. The van der Waals surface area contributed by atoms with Crippen LogP contribution >= 0.6 is 11.3 Å². The van der Waals surface area contributed by atoms with Crippen LogP contribution in [-0.4, -0.2) is 19.1 Å². The Balaban J connectivity index is 2.64. The number of aryl methyl sites for hydroxylation is 2. The molecule has 0 unspecified atom stereocenters. The van der Waals surface area contributed by atoms with Crippen molar-refractivity contribution in [1.82, 2.24) is 5.32 Å². The molecule has 1 rings (SSSR count). The van der Waals surface area contributed by atoms with Gasteiger partial charge < -0.3 is 10.1 Å². The predicted molar refractivity (Wildman–Crippen MR) is 71.3 cm³/mol. The molecule has 0 fully saturated rings. The van der Waals surface area contributed by atoms with Crippen molar-refractivity contribution in [3.8, 4) is 0 Å². The summed E-state index contributed by atoms with van der Waals surface area (Å²) in [5, 5.41) is 3.27. The summed E-state index contributed by atoms with van der Waals surface area (Å²) in [4.78, 5) is 14.2. The van der Waals surface area contributed by atoms with Crippen LogP contribution in [0.15, 0.2) is 6.07 Å². The molecule has 0 bridgehead atoms. The van der Waals surface area contributed by atoms with Gasteiger partial charge in [-0.2, -0.15) is 0 Å². The standard InChI is InChI=1S/C13H21NO2S/c1-8(2)12(13(15)16-5)14-7-11-6-9(3)17-10(11)4/h6,8,12,14H,7H2,1-5H3/t12-/m0/s1. The molecule has 0 spiro atoms. The fourth-order valence-electron chi connectivity index (χ4n) is 1.80. The minimum atomic E-state index is -0.236. The van der Waals surface area contributed by atoms with E-state index in [9.17, 15) is 4.79 Å². The highest BCUT2D eigenvalue weighted by atomic mass is 32.1. The smallest absolute Gasteiger partial charge is 0.323 e. The van der Waals surface area contributed by atoms with E-state index < -0.39 is 0 Å². The van der Waals surface area contributed by atoms with E-state index in [0.717, 1.165) is 0 Å². The molecule has 0 amide bonds. The second-order valence-corrected chi connectivity index (χ2v) is 6.02. The van der Waals surface area contributed by atoms with Crippen LogP contribution < -0.4 is 5.32 Å². The Bertz CT molecular complexity index is 385. The summed E-state index contributed by atoms with van der Waals surface area (Å²) in [7, 11) is 1.43. The number of methoxy groups -OCH3 is 1. The van der Waals surface area contributed by atoms with Gasteiger partial charge in [0.2, 0.25) is 0 Å². The molecule has 1 aromatic heterocycles. The zero-order valence-electron chi connectivity index (χ0n) is 11.2. The highest BCUT2D eigenvalue weighted by Gasteiger charge is 2.22. The number of hydrogen-bond donors (Lipinski definition) is 1. The summed E-state index contributed by atoms with van der Waals surface area (Å²) < 4.78 is 4.80. The molecular formula is C13H21NO2S. The van der Waals surface area contributed by atoms with E-state index >= 15 is 0 Å². The highest BCUT2D eigenvalue weighted by molar-refractivity contribution is 7.12. The first-order valence-corrected chi connectivity index (χ1v) is 6.64. The lowest BCUT2D eigenvalue weighted by atomic mass is 10.0. The summed E-state index contributed by atoms with van der Waals surface area (Å²) >= 11 is 1.79. The fraction of sp³-hybridized carbons (Fsp3) is 0.615. The molecule has 1 heterocycles. The summed E-state index contributed by atoms with van der Waals surface area (Å²) in [6.45, 7) is 8.95. The number of ether oxygens (including phenoxy) is 1. The molecule has 0 saturated heterocycles. The van der Waals surface area contributed by atoms with Crippen molar-refractivity contribution in [2.24, 2.45) is 5.92 Å². The Morgan fingerprint density at radius 2 is 2.12 bits per heavy atom. The van der Waals surface area contributed by atoms with Crippen molar-refractivity contribution in [1.29, 1.82) is 0 Å². The predicted octanol–water partition coefficient (Wildman–Crippen LogP) is 2.65. The van der Waals surface area contributed by atoms with E-state index in [4.69, 9.17) is 4.74 Å². The molecule has 4 heteroatoms. The van der Waals surface area contributed by atoms with Gasteiger partial charge in [-0.25, -0.2) is 0 Å². The summed E-state index contributed by atoms with van der Waals surface area (Å²) in [6, 6.07) is 1.93. The molecule has 17 heavy (non-hydrogen) atoms. The third-order valence-corrected chi connectivity index (χ3v) is 3.79. The minimum Gasteiger partial charge on any atom is -0.468 e. The molecule has 1 atom stereocenters. The van der Waals surface area contributed by atoms with Gasteiger partial charge in [-0.3, -0.25) is 4.79 Å². The van der Waals surface area contributed by atoms with Crippen LogP contribution in [0.25, 0.3) is 0 Å². The third kappa shape index (κ3) is 3.82. The lowest BCUT2D eigenvalue weighted by molar-refractivity contribution is -0.144. The van der Waals surface area contributed by atoms with Gasteiger partial charge in [0.05, 0.1) is 7.11 Å². The normalized spacial score (nSPS) is 12.8. The Morgan fingerprint density at radius 1 is 1.47 bits per heavy atom. The molecule has 0 aliphatic carbocycles. The third-order valence-electron chi connectivity index (χ3n) is 2.78. The molecule has 0 saturated carbocycles. The second-order valence-electron chi connectivity index (χ2n) is 4.56. The summed E-state index contributed by atoms with van der Waals surface area (Å²) in [5.74, 6) is 0.0343. The molecule has 0 radical (unpaired) electrons. The number of hydrogen-bond acceptors (Lipinski definition) is 4. The van der Waals surface area contributed by atoms with Crippen LogP contribution in [0.2, 0.25) is 0 Å². The average molecular weight is 255 g/mol. The van der Waals surface area contributed by atoms with E-state index in [-0.39, 0.29) is 17.9 Å². The van der Waals surface area contributed by atoms with Gasteiger partial charge in [-0.05, 0) is 31.4 Å². The van der Waals surface area contributed by atoms with Crippen LogP contribution in [0.5, 0.6) is 0 Å². The molecule has 1 aromatic rings. The van der Waals surface area contributed by atoms with E-state index in [2.05, 4.69) is 25.2 Å². The van der Waals surface area contributed by atoms with Gasteiger partial charge in [-0.1, -0.05) is 13.8 Å². The molecule has 0 aliphatic rings. The van der Waals surface area contributed by atoms with Gasteiger partial charge >= 0.3 is 5.97 Å². The van der Waals surface area contributed by atoms with Crippen LogP contribution in [0.3, 0.4) is 0 Å². The van der Waals surface area contributed by atoms with Crippen LogP contribution in [0, 0.1) is 19.8 Å². The first-order valence-electron chi connectivity index (χ1n) is 5.82. The van der Waals surface area contributed by atoms with Gasteiger partial charge in [0.25, 0.3) is 0 Å². The van der Waals surface area contributed by atoms with Crippen molar-refractivity contribution in [3.05, 3.63) is 21.4 Å². The summed E-state index contributed by atoms with van der Waals surface area (Å²) in [6.07, 6.45) is 0. The van der Waals surface area contributed by atoms with Gasteiger partial charge in [0.1, 0.15) is 6.04 Å². The van der Waals surface area contributed by atoms with Crippen molar-refractivity contribution in [2.75, 3.05) is 7.11 Å². The Labute approximate surface area is 107 Å². The fourth-order valence-corrected chi connectivity index (χ4v) is 2.74. The minimum absolute atomic E-state index is 0.190. The second kappa shape index (κ2) is 6.17.